The van der Waals surface area contributed by atoms with Crippen LogP contribution in [0.2, 0.25) is 0 Å². The molecule has 2 N–H and O–H groups in total. The Kier molecular flexibility index (Phi) is 2.43. The van der Waals surface area contributed by atoms with Crippen molar-refractivity contribution >= 4 is 5.95 Å². The van der Waals surface area contributed by atoms with Gasteiger partial charge in [-0.25, -0.2) is 4.98 Å². The number of anilines is 1. The molecule has 0 radical (unpaired) electrons. The van der Waals surface area contributed by atoms with Crippen molar-refractivity contribution in [3.05, 3.63) is 12.4 Å². The van der Waals surface area contributed by atoms with Gasteiger partial charge in [0, 0.05) is 39.0 Å². The van der Waals surface area contributed by atoms with Crippen molar-refractivity contribution in [3.63, 3.8) is 0 Å². The molecule has 0 amide bonds. The zero-order valence-corrected chi connectivity index (χ0v) is 8.23. The molecule has 0 aliphatic carbocycles. The summed E-state index contributed by atoms with van der Waals surface area (Å²) in [4.78, 5) is 4.11. The summed E-state index contributed by atoms with van der Waals surface area (Å²) in [5, 5.41) is 13.1. The third kappa shape index (κ3) is 1.88. The van der Waals surface area contributed by atoms with E-state index in [1.54, 1.807) is 6.20 Å². The lowest BCUT2D eigenvalue weighted by Crippen LogP contribution is -2.37. The maximum atomic E-state index is 9.96. The van der Waals surface area contributed by atoms with Crippen molar-refractivity contribution in [2.45, 2.75) is 12.0 Å². The molecule has 78 valence electrons. The standard InChI is InChI=1S/C9H15N3O2/c1-12-4-3-10-8(12)11-6-9(13)2-5-14-7-9/h3-4,13H,2,5-7H2,1H3,(H,10,11). The summed E-state index contributed by atoms with van der Waals surface area (Å²) in [6.07, 6.45) is 4.26. The van der Waals surface area contributed by atoms with Gasteiger partial charge in [-0.2, -0.15) is 0 Å². The largest absolute Gasteiger partial charge is 0.386 e. The Hall–Kier alpha value is -1.07. The number of nitrogens with zero attached hydrogens (tertiary/aromatic N) is 2. The molecule has 0 bridgehead atoms. The molecule has 14 heavy (non-hydrogen) atoms. The zero-order valence-electron chi connectivity index (χ0n) is 8.23. The van der Waals surface area contributed by atoms with Crippen LogP contribution in [0.25, 0.3) is 0 Å². The van der Waals surface area contributed by atoms with Crippen LogP contribution in [0.3, 0.4) is 0 Å². The number of rotatable bonds is 3. The number of hydrogen-bond acceptors (Lipinski definition) is 4. The lowest BCUT2D eigenvalue weighted by molar-refractivity contribution is 0.0380. The monoisotopic (exact) mass is 197 g/mol. The van der Waals surface area contributed by atoms with Crippen LogP contribution in [-0.2, 0) is 11.8 Å². The fourth-order valence-corrected chi connectivity index (χ4v) is 1.52. The van der Waals surface area contributed by atoms with Gasteiger partial charge in [-0.15, -0.1) is 0 Å². The zero-order chi connectivity index (χ0) is 10.0. The van der Waals surface area contributed by atoms with E-state index in [0.29, 0.717) is 26.2 Å². The Morgan fingerprint density at radius 3 is 3.21 bits per heavy atom. The predicted octanol–water partition coefficient (Wildman–Crippen LogP) is -0.0166. The van der Waals surface area contributed by atoms with E-state index >= 15 is 0 Å². The van der Waals surface area contributed by atoms with Crippen LogP contribution >= 0.6 is 0 Å². The van der Waals surface area contributed by atoms with Gasteiger partial charge < -0.3 is 19.7 Å². The molecule has 1 aliphatic heterocycles. The molecule has 5 nitrogen and oxygen atoms in total. The van der Waals surface area contributed by atoms with Gasteiger partial charge in [-0.3, -0.25) is 0 Å². The van der Waals surface area contributed by atoms with E-state index in [1.165, 1.54) is 0 Å². The van der Waals surface area contributed by atoms with Crippen molar-refractivity contribution < 1.29 is 9.84 Å². The third-order valence-corrected chi connectivity index (χ3v) is 2.48. The van der Waals surface area contributed by atoms with Gasteiger partial charge >= 0.3 is 0 Å². The number of ether oxygens (including phenoxy) is 1. The molecular formula is C9H15N3O2. The first-order valence-corrected chi connectivity index (χ1v) is 4.71. The highest BCUT2D eigenvalue weighted by Gasteiger charge is 2.32. The molecule has 5 heteroatoms. The summed E-state index contributed by atoms with van der Waals surface area (Å²) in [5.74, 6) is 0.769. The van der Waals surface area contributed by atoms with Crippen molar-refractivity contribution in [2.75, 3.05) is 25.1 Å². The highest BCUT2D eigenvalue weighted by atomic mass is 16.5. The number of aliphatic hydroxyl groups is 1. The lowest BCUT2D eigenvalue weighted by Gasteiger charge is -2.20. The highest BCUT2D eigenvalue weighted by molar-refractivity contribution is 5.26. The van der Waals surface area contributed by atoms with Gasteiger partial charge in [-0.1, -0.05) is 0 Å². The average molecular weight is 197 g/mol. The van der Waals surface area contributed by atoms with Crippen molar-refractivity contribution in [2.24, 2.45) is 7.05 Å². The fraction of sp³-hybridized carbons (Fsp3) is 0.667. The van der Waals surface area contributed by atoms with E-state index in [9.17, 15) is 5.11 Å². The first kappa shape index (κ1) is 9.48. The predicted molar refractivity (Wildman–Crippen MR) is 52.1 cm³/mol. The molecule has 1 atom stereocenters. The number of hydrogen-bond donors (Lipinski definition) is 2. The summed E-state index contributed by atoms with van der Waals surface area (Å²) in [6.45, 7) is 1.53. The molecule has 0 aromatic carbocycles. The maximum Gasteiger partial charge on any atom is 0.202 e. The van der Waals surface area contributed by atoms with Crippen LogP contribution in [0, 0.1) is 0 Å². The summed E-state index contributed by atoms with van der Waals surface area (Å²) in [6, 6.07) is 0. The van der Waals surface area contributed by atoms with E-state index in [4.69, 9.17) is 4.74 Å². The minimum Gasteiger partial charge on any atom is -0.386 e. The molecule has 1 aromatic rings. The van der Waals surface area contributed by atoms with E-state index < -0.39 is 5.60 Å². The molecular weight excluding hydrogens is 182 g/mol. The van der Waals surface area contributed by atoms with Gasteiger partial charge in [0.05, 0.1) is 6.61 Å². The van der Waals surface area contributed by atoms with Gasteiger partial charge in [0.15, 0.2) is 0 Å². The summed E-state index contributed by atoms with van der Waals surface area (Å²) in [5.41, 5.74) is -0.730. The molecule has 2 heterocycles. The van der Waals surface area contributed by atoms with E-state index in [-0.39, 0.29) is 0 Å². The molecule has 1 fully saturated rings. The lowest BCUT2D eigenvalue weighted by atomic mass is 10.0. The van der Waals surface area contributed by atoms with E-state index in [1.807, 2.05) is 17.8 Å². The van der Waals surface area contributed by atoms with Crippen molar-refractivity contribution in [1.82, 2.24) is 9.55 Å². The first-order chi connectivity index (χ1) is 6.70. The minimum atomic E-state index is -0.730. The van der Waals surface area contributed by atoms with Crippen molar-refractivity contribution in [1.29, 1.82) is 0 Å². The topological polar surface area (TPSA) is 59.3 Å². The average Bonchev–Trinajstić information content (AvgIpc) is 2.73. The SMILES string of the molecule is Cn1ccnc1NCC1(O)CCOC1. The molecule has 0 saturated carbocycles. The Labute approximate surface area is 82.7 Å². The molecule has 1 aliphatic rings. The van der Waals surface area contributed by atoms with Gasteiger partial charge in [-0.05, 0) is 0 Å². The Bertz CT molecular complexity index is 305. The number of nitrogens with one attached hydrogen (secondary N) is 1. The second kappa shape index (κ2) is 3.59. The Morgan fingerprint density at radius 2 is 2.64 bits per heavy atom. The van der Waals surface area contributed by atoms with Crippen LogP contribution in [0.1, 0.15) is 6.42 Å². The summed E-state index contributed by atoms with van der Waals surface area (Å²) >= 11 is 0. The second-order valence-corrected chi connectivity index (χ2v) is 3.74. The molecule has 0 spiro atoms. The third-order valence-electron chi connectivity index (χ3n) is 2.48. The molecule has 1 unspecified atom stereocenters. The number of aromatic nitrogens is 2. The fourth-order valence-electron chi connectivity index (χ4n) is 1.52. The maximum absolute atomic E-state index is 9.96. The van der Waals surface area contributed by atoms with Crippen LogP contribution in [0.5, 0.6) is 0 Å². The van der Waals surface area contributed by atoms with Crippen LogP contribution in [-0.4, -0.2) is 40.0 Å². The second-order valence-electron chi connectivity index (χ2n) is 3.74. The molecule has 2 rings (SSSR count). The van der Waals surface area contributed by atoms with Crippen LogP contribution in [0.15, 0.2) is 12.4 Å². The van der Waals surface area contributed by atoms with Crippen LogP contribution < -0.4 is 5.32 Å². The smallest absolute Gasteiger partial charge is 0.202 e. The van der Waals surface area contributed by atoms with Gasteiger partial charge in [0.1, 0.15) is 5.60 Å². The van der Waals surface area contributed by atoms with Gasteiger partial charge in [0.25, 0.3) is 0 Å². The van der Waals surface area contributed by atoms with Gasteiger partial charge in [0.2, 0.25) is 5.95 Å². The normalized spacial score (nSPS) is 26.7. The summed E-state index contributed by atoms with van der Waals surface area (Å²) in [7, 11) is 1.91. The highest BCUT2D eigenvalue weighted by Crippen LogP contribution is 2.18. The Morgan fingerprint density at radius 1 is 1.79 bits per heavy atom. The minimum absolute atomic E-state index is 0.407. The number of aryl methyl sites for hydroxylation is 1. The van der Waals surface area contributed by atoms with E-state index in [2.05, 4.69) is 10.3 Å². The first-order valence-electron chi connectivity index (χ1n) is 4.71. The quantitative estimate of drug-likeness (QED) is 0.715. The molecule has 1 saturated heterocycles. The van der Waals surface area contributed by atoms with Crippen molar-refractivity contribution in [3.8, 4) is 0 Å². The summed E-state index contributed by atoms with van der Waals surface area (Å²) < 4.78 is 7.02. The number of imidazole rings is 1. The Balaban J connectivity index is 1.91. The molecule has 1 aromatic heterocycles. The van der Waals surface area contributed by atoms with Crippen LogP contribution in [0.4, 0.5) is 5.95 Å². The van der Waals surface area contributed by atoms with E-state index in [0.717, 1.165) is 5.95 Å².